The van der Waals surface area contributed by atoms with Gasteiger partial charge in [0.05, 0.1) is 8.07 Å². The van der Waals surface area contributed by atoms with E-state index < -0.39 is 8.07 Å². The molecule has 0 atom stereocenters. The Morgan fingerprint density at radius 3 is 2.47 bits per heavy atom. The van der Waals surface area contributed by atoms with Crippen LogP contribution in [0, 0.1) is 5.82 Å². The van der Waals surface area contributed by atoms with Crippen molar-refractivity contribution in [1.29, 1.82) is 0 Å². The van der Waals surface area contributed by atoms with Crippen molar-refractivity contribution in [2.75, 3.05) is 13.9 Å². The molecule has 4 heteroatoms. The molecule has 0 saturated carbocycles. The van der Waals surface area contributed by atoms with Crippen molar-refractivity contribution in [3.05, 3.63) is 24.0 Å². The van der Waals surface area contributed by atoms with Gasteiger partial charge in [0.25, 0.3) is 0 Å². The molecule has 0 aliphatic rings. The second kappa shape index (κ2) is 4.77. The number of benzene rings is 1. The molecule has 2 nitrogen and oxygen atoms in total. The molecule has 0 spiro atoms. The fourth-order valence-corrected chi connectivity index (χ4v) is 3.17. The lowest BCUT2D eigenvalue weighted by molar-refractivity contribution is 0.0517. The summed E-state index contributed by atoms with van der Waals surface area (Å²) in [6.45, 7) is 6.42. The predicted molar refractivity (Wildman–Crippen MR) is 61.9 cm³/mol. The quantitative estimate of drug-likeness (QED) is 0.582. The monoisotopic (exact) mass is 228 g/mol. The van der Waals surface area contributed by atoms with Crippen LogP contribution in [0.15, 0.2) is 18.2 Å². The zero-order chi connectivity index (χ0) is 11.5. The first-order valence-electron chi connectivity index (χ1n) is 4.87. The number of hydrogen-bond donors (Lipinski definition) is 0. The summed E-state index contributed by atoms with van der Waals surface area (Å²) in [6.07, 6.45) is 0. The molecule has 1 aromatic rings. The molecule has 0 unspecified atom stereocenters. The molecule has 0 aliphatic heterocycles. The second-order valence-corrected chi connectivity index (χ2v) is 9.41. The maximum atomic E-state index is 13.7. The maximum absolute atomic E-state index is 13.7. The Bertz CT molecular complexity index is 334. The lowest BCUT2D eigenvalue weighted by atomic mass is 10.3. The van der Waals surface area contributed by atoms with E-state index in [0.29, 0.717) is 5.75 Å². The molecule has 15 heavy (non-hydrogen) atoms. The van der Waals surface area contributed by atoms with E-state index in [2.05, 4.69) is 19.6 Å². The highest BCUT2D eigenvalue weighted by atomic mass is 28.3. The van der Waals surface area contributed by atoms with Crippen molar-refractivity contribution in [2.24, 2.45) is 0 Å². The Balaban J connectivity index is 3.09. The van der Waals surface area contributed by atoms with Crippen molar-refractivity contribution in [3.8, 4) is 5.75 Å². The highest BCUT2D eigenvalue weighted by Gasteiger charge is 2.25. The van der Waals surface area contributed by atoms with Crippen LogP contribution in [-0.4, -0.2) is 22.0 Å². The van der Waals surface area contributed by atoms with E-state index in [1.54, 1.807) is 19.2 Å². The Labute approximate surface area is 91.0 Å². The number of rotatable bonds is 4. The van der Waals surface area contributed by atoms with Crippen LogP contribution in [0.1, 0.15) is 0 Å². The van der Waals surface area contributed by atoms with Crippen molar-refractivity contribution < 1.29 is 13.9 Å². The fraction of sp³-hybridized carbons (Fsp3) is 0.455. The first-order chi connectivity index (χ1) is 6.96. The molecule has 0 bridgehead atoms. The number of ether oxygens (including phenoxy) is 2. The molecule has 1 rings (SSSR count). The van der Waals surface area contributed by atoms with Gasteiger partial charge in [-0.1, -0.05) is 25.7 Å². The van der Waals surface area contributed by atoms with E-state index in [1.807, 2.05) is 0 Å². The van der Waals surface area contributed by atoms with E-state index in [1.165, 1.54) is 6.07 Å². The topological polar surface area (TPSA) is 18.5 Å². The number of methoxy groups -OCH3 is 1. The summed E-state index contributed by atoms with van der Waals surface area (Å²) in [5.41, 5.74) is 0. The first-order valence-corrected chi connectivity index (χ1v) is 8.37. The number of halogens is 1. The van der Waals surface area contributed by atoms with Gasteiger partial charge in [0.2, 0.25) is 0 Å². The summed E-state index contributed by atoms with van der Waals surface area (Å²) < 4.78 is 23.9. The Hall–Kier alpha value is -0.873. The van der Waals surface area contributed by atoms with Gasteiger partial charge in [-0.15, -0.1) is 0 Å². The van der Waals surface area contributed by atoms with E-state index >= 15 is 0 Å². The van der Waals surface area contributed by atoms with Gasteiger partial charge < -0.3 is 9.47 Å². The standard InChI is InChI=1S/C11H17FO2Si/c1-13-8-14-10-7-5-6-9(12)11(10)15(2,3)4/h5-7H,8H2,1-4H3. The van der Waals surface area contributed by atoms with Gasteiger partial charge in [-0.05, 0) is 12.1 Å². The van der Waals surface area contributed by atoms with Crippen LogP contribution in [-0.2, 0) is 4.74 Å². The Morgan fingerprint density at radius 2 is 1.93 bits per heavy atom. The third-order valence-electron chi connectivity index (χ3n) is 2.06. The summed E-state index contributed by atoms with van der Waals surface area (Å²) in [6, 6.07) is 4.92. The van der Waals surface area contributed by atoms with Gasteiger partial charge in [-0.3, -0.25) is 0 Å². The van der Waals surface area contributed by atoms with Gasteiger partial charge in [0, 0.05) is 12.3 Å². The lowest BCUT2D eigenvalue weighted by Crippen LogP contribution is -2.41. The largest absolute Gasteiger partial charge is 0.468 e. The first kappa shape index (κ1) is 12.2. The van der Waals surface area contributed by atoms with Crippen LogP contribution in [0.25, 0.3) is 0 Å². The SMILES string of the molecule is COCOc1cccc(F)c1[Si](C)(C)C. The molecular weight excluding hydrogens is 211 g/mol. The Morgan fingerprint density at radius 1 is 1.27 bits per heavy atom. The highest BCUT2D eigenvalue weighted by molar-refractivity contribution is 6.89. The van der Waals surface area contributed by atoms with Crippen molar-refractivity contribution >= 4 is 13.3 Å². The predicted octanol–water partition coefficient (Wildman–Crippen LogP) is 2.35. The maximum Gasteiger partial charge on any atom is 0.188 e. The summed E-state index contributed by atoms with van der Waals surface area (Å²) >= 11 is 0. The molecule has 0 N–H and O–H groups in total. The zero-order valence-electron chi connectivity index (χ0n) is 9.63. The van der Waals surface area contributed by atoms with Crippen LogP contribution in [0.2, 0.25) is 19.6 Å². The average Bonchev–Trinajstić information content (AvgIpc) is 2.12. The van der Waals surface area contributed by atoms with Gasteiger partial charge in [0.15, 0.2) is 6.79 Å². The normalized spacial score (nSPS) is 11.5. The van der Waals surface area contributed by atoms with Crippen LogP contribution in [0.4, 0.5) is 4.39 Å². The molecule has 0 radical (unpaired) electrons. The molecule has 0 aromatic heterocycles. The minimum absolute atomic E-state index is 0.154. The molecule has 0 aliphatic carbocycles. The average molecular weight is 228 g/mol. The molecule has 0 fully saturated rings. The van der Waals surface area contributed by atoms with Crippen LogP contribution in [0.3, 0.4) is 0 Å². The molecule has 0 saturated heterocycles. The van der Waals surface area contributed by atoms with Gasteiger partial charge in [-0.2, -0.15) is 0 Å². The molecular formula is C11H17FO2Si. The third kappa shape index (κ3) is 3.04. The summed E-state index contributed by atoms with van der Waals surface area (Å²) in [5, 5.41) is 0.724. The summed E-state index contributed by atoms with van der Waals surface area (Å²) in [4.78, 5) is 0. The van der Waals surface area contributed by atoms with Crippen LogP contribution < -0.4 is 9.92 Å². The smallest absolute Gasteiger partial charge is 0.188 e. The van der Waals surface area contributed by atoms with Gasteiger partial charge in [0.1, 0.15) is 11.6 Å². The van der Waals surface area contributed by atoms with Crippen molar-refractivity contribution in [1.82, 2.24) is 0 Å². The minimum Gasteiger partial charge on any atom is -0.468 e. The van der Waals surface area contributed by atoms with Gasteiger partial charge >= 0.3 is 0 Å². The lowest BCUT2D eigenvalue weighted by Gasteiger charge is -2.21. The third-order valence-corrected chi connectivity index (χ3v) is 4.04. The summed E-state index contributed by atoms with van der Waals surface area (Å²) in [5.74, 6) is 0.429. The molecule has 84 valence electrons. The van der Waals surface area contributed by atoms with Crippen LogP contribution >= 0.6 is 0 Å². The number of hydrogen-bond acceptors (Lipinski definition) is 2. The Kier molecular flexibility index (Phi) is 3.88. The zero-order valence-corrected chi connectivity index (χ0v) is 10.6. The van der Waals surface area contributed by atoms with E-state index in [9.17, 15) is 4.39 Å². The van der Waals surface area contributed by atoms with Crippen molar-refractivity contribution in [2.45, 2.75) is 19.6 Å². The molecule has 0 heterocycles. The highest BCUT2D eigenvalue weighted by Crippen LogP contribution is 2.16. The summed E-state index contributed by atoms with van der Waals surface area (Å²) in [7, 11) is -0.179. The van der Waals surface area contributed by atoms with E-state index in [-0.39, 0.29) is 12.6 Å². The second-order valence-electron chi connectivity index (χ2n) is 4.41. The van der Waals surface area contributed by atoms with E-state index in [4.69, 9.17) is 9.47 Å². The van der Waals surface area contributed by atoms with Crippen LogP contribution in [0.5, 0.6) is 5.75 Å². The minimum atomic E-state index is -1.73. The van der Waals surface area contributed by atoms with Crippen molar-refractivity contribution in [3.63, 3.8) is 0 Å². The van der Waals surface area contributed by atoms with E-state index in [0.717, 1.165) is 5.19 Å². The molecule has 0 amide bonds. The molecule has 1 aromatic carbocycles. The fourth-order valence-electron chi connectivity index (χ4n) is 1.47. The van der Waals surface area contributed by atoms with Gasteiger partial charge in [-0.25, -0.2) is 4.39 Å².